The monoisotopic (exact) mass is 419 g/mol. The average molecular weight is 420 g/mol. The summed E-state index contributed by atoms with van der Waals surface area (Å²) in [7, 11) is 0. The molecular formula is C24H29N5O2. The first-order chi connectivity index (χ1) is 15.1. The molecule has 31 heavy (non-hydrogen) atoms. The van der Waals surface area contributed by atoms with E-state index >= 15 is 0 Å². The minimum absolute atomic E-state index is 0.180. The Morgan fingerprint density at radius 1 is 0.903 bits per heavy atom. The van der Waals surface area contributed by atoms with Crippen LogP contribution in [0.25, 0.3) is 11.3 Å². The van der Waals surface area contributed by atoms with E-state index in [4.69, 9.17) is 10.8 Å². The molecule has 0 amide bonds. The number of benzene rings is 2. The Morgan fingerprint density at radius 2 is 1.61 bits per heavy atom. The number of piperazine rings is 1. The average Bonchev–Trinajstić information content (AvgIpc) is 2.80. The van der Waals surface area contributed by atoms with E-state index in [2.05, 4.69) is 44.3 Å². The summed E-state index contributed by atoms with van der Waals surface area (Å²) in [6.45, 7) is 4.72. The van der Waals surface area contributed by atoms with E-state index in [9.17, 15) is 5.11 Å². The smallest absolute Gasteiger partial charge is 0.169 e. The highest BCUT2D eigenvalue weighted by molar-refractivity contribution is 5.74. The van der Waals surface area contributed by atoms with Crippen molar-refractivity contribution in [1.82, 2.24) is 15.1 Å². The van der Waals surface area contributed by atoms with Crippen LogP contribution < -0.4 is 10.6 Å². The maximum atomic E-state index is 10.1. The molecule has 4 rings (SSSR count). The number of anilines is 2. The molecule has 0 aliphatic carbocycles. The van der Waals surface area contributed by atoms with Crippen LogP contribution in [-0.2, 0) is 13.0 Å². The fourth-order valence-electron chi connectivity index (χ4n) is 3.97. The van der Waals surface area contributed by atoms with Gasteiger partial charge in [0, 0.05) is 44.9 Å². The number of aromatic nitrogens is 2. The fourth-order valence-corrected chi connectivity index (χ4v) is 3.97. The van der Waals surface area contributed by atoms with Crippen LogP contribution >= 0.6 is 0 Å². The summed E-state index contributed by atoms with van der Waals surface area (Å²) >= 11 is 0. The van der Waals surface area contributed by atoms with E-state index in [1.807, 2.05) is 18.2 Å². The molecule has 2 heterocycles. The van der Waals surface area contributed by atoms with E-state index in [0.717, 1.165) is 51.3 Å². The normalized spacial score (nSPS) is 14.7. The summed E-state index contributed by atoms with van der Waals surface area (Å²) in [4.78, 5) is 4.68. The van der Waals surface area contributed by atoms with Crippen molar-refractivity contribution in [3.8, 4) is 17.0 Å². The maximum Gasteiger partial charge on any atom is 0.169 e. The Labute approximate surface area is 182 Å². The molecule has 0 unspecified atom stereocenters. The van der Waals surface area contributed by atoms with E-state index in [-0.39, 0.29) is 12.4 Å². The molecule has 0 saturated carbocycles. The lowest BCUT2D eigenvalue weighted by Crippen LogP contribution is -2.46. The summed E-state index contributed by atoms with van der Waals surface area (Å²) in [5.74, 6) is 0.589. The second-order valence-electron chi connectivity index (χ2n) is 7.92. The van der Waals surface area contributed by atoms with Crippen molar-refractivity contribution in [2.24, 2.45) is 0 Å². The van der Waals surface area contributed by atoms with Crippen molar-refractivity contribution >= 4 is 11.5 Å². The molecule has 3 aromatic rings. The molecular weight excluding hydrogens is 390 g/mol. The third-order valence-corrected chi connectivity index (χ3v) is 5.75. The van der Waals surface area contributed by atoms with Crippen LogP contribution in [0.1, 0.15) is 17.5 Å². The summed E-state index contributed by atoms with van der Waals surface area (Å²) in [6.07, 6.45) is 1.72. The van der Waals surface area contributed by atoms with Crippen LogP contribution in [-0.4, -0.2) is 58.1 Å². The topological polar surface area (TPSA) is 98.7 Å². The van der Waals surface area contributed by atoms with E-state index in [0.29, 0.717) is 17.1 Å². The highest BCUT2D eigenvalue weighted by Gasteiger charge is 2.21. The molecule has 7 nitrogen and oxygen atoms in total. The van der Waals surface area contributed by atoms with Crippen LogP contribution in [0.2, 0.25) is 0 Å². The van der Waals surface area contributed by atoms with Gasteiger partial charge >= 0.3 is 0 Å². The number of aliphatic hydroxyl groups is 1. The molecule has 0 bridgehead atoms. The van der Waals surface area contributed by atoms with Crippen molar-refractivity contribution in [2.75, 3.05) is 43.4 Å². The van der Waals surface area contributed by atoms with Gasteiger partial charge in [-0.15, -0.1) is 10.2 Å². The van der Waals surface area contributed by atoms with Gasteiger partial charge in [0.1, 0.15) is 5.75 Å². The fraction of sp³-hybridized carbons (Fsp3) is 0.333. The Bertz CT molecular complexity index is 1000. The predicted molar refractivity (Wildman–Crippen MR) is 123 cm³/mol. The van der Waals surface area contributed by atoms with Gasteiger partial charge in [0.25, 0.3) is 0 Å². The molecule has 162 valence electrons. The number of para-hydroxylation sites is 1. The van der Waals surface area contributed by atoms with Gasteiger partial charge in [-0.2, -0.15) is 0 Å². The number of aromatic hydroxyl groups is 1. The molecule has 4 N–H and O–H groups in total. The Morgan fingerprint density at radius 3 is 2.32 bits per heavy atom. The molecule has 7 heteroatoms. The number of rotatable bonds is 7. The quantitative estimate of drug-likeness (QED) is 0.541. The van der Waals surface area contributed by atoms with E-state index < -0.39 is 0 Å². The standard InChI is InChI=1S/C24H29N5O2/c25-24-22(16-21(26-27-24)20-5-1-2-6-23(20)31)29-13-11-28(12-14-29)17-19-9-7-18(8-10-19)4-3-15-30/h1-2,5-10,16,30-31H,3-4,11-15,17H2,(H2,25,27). The van der Waals surface area contributed by atoms with Crippen molar-refractivity contribution in [1.29, 1.82) is 0 Å². The minimum Gasteiger partial charge on any atom is -0.507 e. The second-order valence-corrected chi connectivity index (χ2v) is 7.92. The van der Waals surface area contributed by atoms with Gasteiger partial charge in [-0.3, -0.25) is 4.90 Å². The zero-order valence-electron chi connectivity index (χ0n) is 17.6. The number of nitrogen functional groups attached to an aromatic ring is 1. The Balaban J connectivity index is 1.38. The van der Waals surface area contributed by atoms with Crippen LogP contribution in [0.15, 0.2) is 54.6 Å². The molecule has 0 radical (unpaired) electrons. The first-order valence-electron chi connectivity index (χ1n) is 10.7. The van der Waals surface area contributed by atoms with Crippen molar-refractivity contribution < 1.29 is 10.2 Å². The second kappa shape index (κ2) is 9.76. The largest absolute Gasteiger partial charge is 0.507 e. The lowest BCUT2D eigenvalue weighted by molar-refractivity contribution is 0.250. The molecule has 1 aromatic heterocycles. The lowest BCUT2D eigenvalue weighted by Gasteiger charge is -2.36. The highest BCUT2D eigenvalue weighted by Crippen LogP contribution is 2.31. The van der Waals surface area contributed by atoms with E-state index in [1.165, 1.54) is 11.1 Å². The van der Waals surface area contributed by atoms with Crippen molar-refractivity contribution in [2.45, 2.75) is 19.4 Å². The van der Waals surface area contributed by atoms with Crippen LogP contribution in [0.4, 0.5) is 11.5 Å². The summed E-state index contributed by atoms with van der Waals surface area (Å²) in [5.41, 5.74) is 10.8. The number of nitrogens with two attached hydrogens (primary N) is 1. The van der Waals surface area contributed by atoms with Gasteiger partial charge in [0.15, 0.2) is 5.82 Å². The van der Waals surface area contributed by atoms with Gasteiger partial charge in [0.2, 0.25) is 0 Å². The maximum absolute atomic E-state index is 10.1. The van der Waals surface area contributed by atoms with Gasteiger partial charge in [0.05, 0.1) is 11.4 Å². The number of hydrogen-bond acceptors (Lipinski definition) is 7. The number of aryl methyl sites for hydroxylation is 1. The highest BCUT2D eigenvalue weighted by atomic mass is 16.3. The SMILES string of the molecule is Nc1nnc(-c2ccccc2O)cc1N1CCN(Cc2ccc(CCCO)cc2)CC1. The van der Waals surface area contributed by atoms with Crippen LogP contribution in [0.3, 0.4) is 0 Å². The Kier molecular flexibility index (Phi) is 6.64. The summed E-state index contributed by atoms with van der Waals surface area (Å²) in [5, 5.41) is 27.4. The van der Waals surface area contributed by atoms with Crippen LogP contribution in [0.5, 0.6) is 5.75 Å². The van der Waals surface area contributed by atoms with Gasteiger partial charge in [-0.05, 0) is 42.2 Å². The summed E-state index contributed by atoms with van der Waals surface area (Å²) in [6, 6.07) is 17.7. The zero-order valence-corrected chi connectivity index (χ0v) is 17.6. The van der Waals surface area contributed by atoms with Gasteiger partial charge in [-0.25, -0.2) is 0 Å². The molecule has 1 saturated heterocycles. The van der Waals surface area contributed by atoms with E-state index in [1.54, 1.807) is 12.1 Å². The Hall–Kier alpha value is -3.16. The molecule has 1 aliphatic heterocycles. The lowest BCUT2D eigenvalue weighted by atomic mass is 10.1. The van der Waals surface area contributed by atoms with Crippen LogP contribution in [0, 0.1) is 0 Å². The first-order valence-corrected chi connectivity index (χ1v) is 10.7. The zero-order chi connectivity index (χ0) is 21.6. The van der Waals surface area contributed by atoms with Crippen molar-refractivity contribution in [3.05, 3.63) is 65.7 Å². The first kappa shape index (κ1) is 21.1. The number of nitrogens with zero attached hydrogens (tertiary/aromatic N) is 4. The molecule has 1 aliphatic rings. The van der Waals surface area contributed by atoms with Gasteiger partial charge < -0.3 is 20.8 Å². The summed E-state index contributed by atoms with van der Waals surface area (Å²) < 4.78 is 0. The predicted octanol–water partition coefficient (Wildman–Crippen LogP) is 2.68. The number of phenolic OH excluding ortho intramolecular Hbond substituents is 1. The number of aliphatic hydroxyl groups excluding tert-OH is 1. The molecule has 0 atom stereocenters. The third-order valence-electron chi connectivity index (χ3n) is 5.75. The molecule has 1 fully saturated rings. The molecule has 2 aromatic carbocycles. The van der Waals surface area contributed by atoms with Crippen molar-refractivity contribution in [3.63, 3.8) is 0 Å². The third kappa shape index (κ3) is 5.13. The molecule has 0 spiro atoms. The number of hydrogen-bond donors (Lipinski definition) is 3. The van der Waals surface area contributed by atoms with Gasteiger partial charge in [-0.1, -0.05) is 36.4 Å². The number of phenols is 1. The minimum atomic E-state index is 0.180.